The van der Waals surface area contributed by atoms with Crippen LogP contribution in [0, 0.1) is 6.92 Å². The lowest BCUT2D eigenvalue weighted by Gasteiger charge is -2.20. The quantitative estimate of drug-likeness (QED) is 0.257. The minimum atomic E-state index is -0.316. The summed E-state index contributed by atoms with van der Waals surface area (Å²) >= 11 is 3.55. The SMILES string of the molecule is CNC(=O)NC[C@H](Cc1ccc(-c2cn3cccc(Br)c3n2)cc1)NC(=O)c1ccc(OC(C)C)c(C)c1. The first-order valence-corrected chi connectivity index (χ1v) is 13.3. The maximum absolute atomic E-state index is 13.1. The van der Waals surface area contributed by atoms with Crippen molar-refractivity contribution in [2.24, 2.45) is 0 Å². The van der Waals surface area contributed by atoms with E-state index in [1.165, 1.54) is 0 Å². The van der Waals surface area contributed by atoms with E-state index in [1.807, 2.05) is 86.1 Å². The molecule has 0 bridgehead atoms. The van der Waals surface area contributed by atoms with Gasteiger partial charge >= 0.3 is 6.03 Å². The Balaban J connectivity index is 1.48. The van der Waals surface area contributed by atoms with Crippen molar-refractivity contribution in [3.63, 3.8) is 0 Å². The van der Waals surface area contributed by atoms with Gasteiger partial charge in [-0.15, -0.1) is 0 Å². The summed E-state index contributed by atoms with van der Waals surface area (Å²) in [6.45, 7) is 6.13. The molecule has 1 atom stereocenters. The molecule has 2 aromatic carbocycles. The van der Waals surface area contributed by atoms with Gasteiger partial charge in [-0.3, -0.25) is 4.79 Å². The van der Waals surface area contributed by atoms with Crippen LogP contribution in [0.5, 0.6) is 5.75 Å². The smallest absolute Gasteiger partial charge is 0.314 e. The van der Waals surface area contributed by atoms with Crippen LogP contribution in [0.2, 0.25) is 0 Å². The Morgan fingerprint density at radius 2 is 1.87 bits per heavy atom. The van der Waals surface area contributed by atoms with E-state index >= 15 is 0 Å². The lowest BCUT2D eigenvalue weighted by atomic mass is 10.0. The molecule has 2 aromatic heterocycles. The van der Waals surface area contributed by atoms with E-state index in [2.05, 4.69) is 31.9 Å². The number of hydrogen-bond donors (Lipinski definition) is 3. The van der Waals surface area contributed by atoms with E-state index in [1.54, 1.807) is 13.1 Å². The van der Waals surface area contributed by atoms with Gasteiger partial charge in [0.05, 0.1) is 22.3 Å². The lowest BCUT2D eigenvalue weighted by Crippen LogP contribution is -2.46. The van der Waals surface area contributed by atoms with E-state index in [4.69, 9.17) is 9.72 Å². The van der Waals surface area contributed by atoms with Crippen LogP contribution in [0.4, 0.5) is 4.79 Å². The highest BCUT2D eigenvalue weighted by Crippen LogP contribution is 2.24. The molecule has 0 spiro atoms. The number of urea groups is 1. The summed E-state index contributed by atoms with van der Waals surface area (Å²) in [5.74, 6) is 0.548. The molecule has 9 heteroatoms. The molecule has 0 saturated carbocycles. The van der Waals surface area contributed by atoms with Gasteiger partial charge in [0.2, 0.25) is 0 Å². The van der Waals surface area contributed by atoms with Crippen LogP contribution < -0.4 is 20.7 Å². The van der Waals surface area contributed by atoms with E-state index in [-0.39, 0.29) is 30.6 Å². The number of pyridine rings is 1. The maximum Gasteiger partial charge on any atom is 0.314 e. The van der Waals surface area contributed by atoms with Crippen molar-refractivity contribution in [3.05, 3.63) is 88.2 Å². The van der Waals surface area contributed by atoms with Gasteiger partial charge in [-0.05, 0) is 84.6 Å². The number of carbonyl (C=O) groups is 2. The number of ether oxygens (including phenoxy) is 1. The number of carbonyl (C=O) groups excluding carboxylic acids is 2. The number of fused-ring (bicyclic) bond motifs is 1. The molecule has 8 nitrogen and oxygen atoms in total. The second kappa shape index (κ2) is 12.1. The molecule has 38 heavy (non-hydrogen) atoms. The minimum absolute atomic E-state index is 0.0505. The van der Waals surface area contributed by atoms with Crippen molar-refractivity contribution in [1.29, 1.82) is 0 Å². The first-order chi connectivity index (χ1) is 18.2. The Morgan fingerprint density at radius 1 is 1.11 bits per heavy atom. The predicted molar refractivity (Wildman–Crippen MR) is 153 cm³/mol. The monoisotopic (exact) mass is 577 g/mol. The first-order valence-electron chi connectivity index (χ1n) is 12.5. The van der Waals surface area contributed by atoms with Crippen LogP contribution in [0.25, 0.3) is 16.9 Å². The van der Waals surface area contributed by atoms with Crippen molar-refractivity contribution < 1.29 is 14.3 Å². The van der Waals surface area contributed by atoms with Crippen LogP contribution in [0.1, 0.15) is 35.3 Å². The van der Waals surface area contributed by atoms with Crippen LogP contribution >= 0.6 is 15.9 Å². The molecule has 0 radical (unpaired) electrons. The molecule has 4 aromatic rings. The fourth-order valence-electron chi connectivity index (χ4n) is 4.14. The lowest BCUT2D eigenvalue weighted by molar-refractivity contribution is 0.0936. The van der Waals surface area contributed by atoms with Gasteiger partial charge in [-0.25, -0.2) is 9.78 Å². The summed E-state index contributed by atoms with van der Waals surface area (Å²) in [6.07, 6.45) is 4.55. The molecule has 0 saturated heterocycles. The standard InChI is InChI=1S/C29H32BrN5O3/c1-18(2)38-26-12-11-22(14-19(26)3)28(36)33-23(16-32-29(37)31-4)15-20-7-9-21(10-8-20)25-17-35-13-5-6-24(30)27(35)34-25/h5-14,17-18,23H,15-16H2,1-4H3,(H,33,36)(H2,31,32,37)/t23-/m0/s1. The van der Waals surface area contributed by atoms with Gasteiger partial charge in [0, 0.05) is 37.1 Å². The van der Waals surface area contributed by atoms with Gasteiger partial charge in [0.25, 0.3) is 5.91 Å². The van der Waals surface area contributed by atoms with Crippen LogP contribution in [-0.2, 0) is 6.42 Å². The van der Waals surface area contributed by atoms with Gasteiger partial charge in [0.1, 0.15) is 5.75 Å². The van der Waals surface area contributed by atoms with E-state index in [0.29, 0.717) is 12.0 Å². The third-order valence-electron chi connectivity index (χ3n) is 6.04. The minimum Gasteiger partial charge on any atom is -0.491 e. The maximum atomic E-state index is 13.1. The van der Waals surface area contributed by atoms with E-state index < -0.39 is 0 Å². The number of hydrogen-bond acceptors (Lipinski definition) is 4. The molecule has 3 amide bonds. The molecule has 198 valence electrons. The van der Waals surface area contributed by atoms with Gasteiger partial charge in [-0.2, -0.15) is 0 Å². The van der Waals surface area contributed by atoms with Crippen molar-refractivity contribution in [2.75, 3.05) is 13.6 Å². The highest BCUT2D eigenvalue weighted by molar-refractivity contribution is 9.10. The zero-order chi connectivity index (χ0) is 27.2. The average molecular weight is 579 g/mol. The summed E-state index contributed by atoms with van der Waals surface area (Å²) in [5.41, 5.74) is 5.17. The summed E-state index contributed by atoms with van der Waals surface area (Å²) in [6, 6.07) is 16.8. The normalized spacial score (nSPS) is 11.8. The highest BCUT2D eigenvalue weighted by atomic mass is 79.9. The number of rotatable bonds is 9. The second-order valence-electron chi connectivity index (χ2n) is 9.39. The van der Waals surface area contributed by atoms with Crippen molar-refractivity contribution >= 4 is 33.5 Å². The molecule has 0 aliphatic rings. The first kappa shape index (κ1) is 27.2. The van der Waals surface area contributed by atoms with Gasteiger partial charge in [0.15, 0.2) is 5.65 Å². The van der Waals surface area contributed by atoms with E-state index in [0.717, 1.165) is 38.3 Å². The summed E-state index contributed by atoms with van der Waals surface area (Å²) in [4.78, 5) is 29.7. The molecule has 3 N–H and O–H groups in total. The third kappa shape index (κ3) is 6.72. The summed E-state index contributed by atoms with van der Waals surface area (Å²) < 4.78 is 8.70. The average Bonchev–Trinajstić information content (AvgIpc) is 3.34. The fraction of sp³-hybridized carbons (Fsp3) is 0.276. The molecule has 0 aliphatic carbocycles. The summed E-state index contributed by atoms with van der Waals surface area (Å²) in [5, 5.41) is 8.43. The number of imidazole rings is 1. The van der Waals surface area contributed by atoms with Crippen LogP contribution in [0.3, 0.4) is 0 Å². The number of aryl methyl sites for hydroxylation is 1. The largest absolute Gasteiger partial charge is 0.491 e. The Kier molecular flexibility index (Phi) is 8.68. The number of benzene rings is 2. The number of halogens is 1. The zero-order valence-corrected chi connectivity index (χ0v) is 23.5. The molecule has 0 fully saturated rings. The van der Waals surface area contributed by atoms with Gasteiger partial charge in [-0.1, -0.05) is 24.3 Å². The Labute approximate surface area is 230 Å². The fourth-order valence-corrected chi connectivity index (χ4v) is 4.58. The number of nitrogens with zero attached hydrogens (tertiary/aromatic N) is 2. The zero-order valence-electron chi connectivity index (χ0n) is 21.9. The molecule has 0 unspecified atom stereocenters. The van der Waals surface area contributed by atoms with Crippen LogP contribution in [-0.4, -0.2) is 47.1 Å². The number of amides is 3. The van der Waals surface area contributed by atoms with Crippen molar-refractivity contribution in [2.45, 2.75) is 39.3 Å². The molecular formula is C29H32BrN5O3. The van der Waals surface area contributed by atoms with Crippen molar-refractivity contribution in [3.8, 4) is 17.0 Å². The number of nitrogens with one attached hydrogen (secondary N) is 3. The van der Waals surface area contributed by atoms with E-state index in [9.17, 15) is 9.59 Å². The molecule has 2 heterocycles. The summed E-state index contributed by atoms with van der Waals surface area (Å²) in [7, 11) is 1.56. The molecular weight excluding hydrogens is 546 g/mol. The highest BCUT2D eigenvalue weighted by Gasteiger charge is 2.17. The third-order valence-corrected chi connectivity index (χ3v) is 6.66. The topological polar surface area (TPSA) is 96.8 Å². The predicted octanol–water partition coefficient (Wildman–Crippen LogP) is 5.13. The van der Waals surface area contributed by atoms with Crippen molar-refractivity contribution in [1.82, 2.24) is 25.3 Å². The Bertz CT molecular complexity index is 1430. The van der Waals surface area contributed by atoms with Crippen LogP contribution in [0.15, 0.2) is 71.5 Å². The Hall–Kier alpha value is -3.85. The molecule has 4 rings (SSSR count). The Morgan fingerprint density at radius 3 is 2.53 bits per heavy atom. The number of aromatic nitrogens is 2. The molecule has 0 aliphatic heterocycles. The second-order valence-corrected chi connectivity index (χ2v) is 10.2. The van der Waals surface area contributed by atoms with Gasteiger partial charge < -0.3 is 25.1 Å².